The summed E-state index contributed by atoms with van der Waals surface area (Å²) >= 11 is 0. The summed E-state index contributed by atoms with van der Waals surface area (Å²) in [6.07, 6.45) is -0.377. The van der Waals surface area contributed by atoms with E-state index in [4.69, 9.17) is 18.9 Å². The number of benzene rings is 2. The highest BCUT2D eigenvalue weighted by Gasteiger charge is 2.34. The van der Waals surface area contributed by atoms with Crippen molar-refractivity contribution in [2.45, 2.75) is 13.0 Å². The zero-order chi connectivity index (χ0) is 23.9. The number of rotatable bonds is 6. The Kier molecular flexibility index (Phi) is 5.40. The highest BCUT2D eigenvalue weighted by molar-refractivity contribution is 7.92. The van der Waals surface area contributed by atoms with Gasteiger partial charge in [0.2, 0.25) is 5.88 Å². The predicted molar refractivity (Wildman–Crippen MR) is 122 cm³/mol. The van der Waals surface area contributed by atoms with Crippen molar-refractivity contribution in [3.63, 3.8) is 0 Å². The Balaban J connectivity index is 1.32. The van der Waals surface area contributed by atoms with Gasteiger partial charge in [0, 0.05) is 11.6 Å². The van der Waals surface area contributed by atoms with Gasteiger partial charge < -0.3 is 18.9 Å². The normalized spacial score (nSPS) is 18.1. The van der Waals surface area contributed by atoms with E-state index < -0.39 is 16.1 Å². The van der Waals surface area contributed by atoms with Gasteiger partial charge in [-0.05, 0) is 43.3 Å². The second kappa shape index (κ2) is 8.41. The summed E-state index contributed by atoms with van der Waals surface area (Å²) in [6.45, 7) is 1.87. The number of aromatic nitrogens is 1. The third-order valence-corrected chi connectivity index (χ3v) is 6.81. The summed E-state index contributed by atoms with van der Waals surface area (Å²) in [5.41, 5.74) is 1.88. The first kappa shape index (κ1) is 21.8. The summed E-state index contributed by atoms with van der Waals surface area (Å²) in [7, 11) is -2.30. The first-order chi connectivity index (χ1) is 16.3. The number of anilines is 1. The molecule has 3 aromatic rings. The number of hydrogen-bond acceptors (Lipinski definition) is 8. The zero-order valence-electron chi connectivity index (χ0n) is 18.3. The second-order valence-electron chi connectivity index (χ2n) is 7.66. The molecule has 0 unspecified atom stereocenters. The monoisotopic (exact) mass is 483 g/mol. The Morgan fingerprint density at radius 3 is 2.56 bits per heavy atom. The van der Waals surface area contributed by atoms with Gasteiger partial charge in [0.05, 0.1) is 18.5 Å². The SMILES string of the molecule is COc1ccc(Oc2cccc3c2OC[C@H]3Oc2ccc(N3CC(=O)NS3(=O)=O)cc2)c(C)n1. The number of methoxy groups -OCH3 is 1. The smallest absolute Gasteiger partial charge is 0.326 e. The van der Waals surface area contributed by atoms with Crippen LogP contribution in [0.1, 0.15) is 17.4 Å². The van der Waals surface area contributed by atoms with Crippen LogP contribution in [0.2, 0.25) is 0 Å². The molecule has 1 fully saturated rings. The number of carbonyl (C=O) groups is 1. The molecule has 2 aromatic carbocycles. The van der Waals surface area contributed by atoms with E-state index in [0.717, 1.165) is 9.87 Å². The molecule has 0 spiro atoms. The number of nitrogens with zero attached hydrogens (tertiary/aromatic N) is 2. The number of nitrogens with one attached hydrogen (secondary N) is 1. The van der Waals surface area contributed by atoms with Crippen molar-refractivity contribution in [1.82, 2.24) is 9.71 Å². The molecule has 3 heterocycles. The van der Waals surface area contributed by atoms with Crippen LogP contribution >= 0.6 is 0 Å². The van der Waals surface area contributed by atoms with Crippen molar-refractivity contribution in [1.29, 1.82) is 0 Å². The lowest BCUT2D eigenvalue weighted by molar-refractivity contribution is -0.117. The summed E-state index contributed by atoms with van der Waals surface area (Å²) in [5, 5.41) is 0. The molecule has 176 valence electrons. The number of para-hydroxylation sites is 1. The Morgan fingerprint density at radius 2 is 1.88 bits per heavy atom. The minimum atomic E-state index is -3.85. The van der Waals surface area contributed by atoms with Gasteiger partial charge in [-0.25, -0.2) is 14.0 Å². The molecule has 0 aliphatic carbocycles. The van der Waals surface area contributed by atoms with E-state index in [-0.39, 0.29) is 19.3 Å². The van der Waals surface area contributed by atoms with Crippen molar-refractivity contribution >= 4 is 21.8 Å². The highest BCUT2D eigenvalue weighted by Crippen LogP contribution is 2.44. The molecular weight excluding hydrogens is 462 g/mol. The summed E-state index contributed by atoms with van der Waals surface area (Å²) in [5.74, 6) is 2.19. The average Bonchev–Trinajstić information content (AvgIpc) is 3.35. The first-order valence-corrected chi connectivity index (χ1v) is 11.8. The fraction of sp³-hybridized carbons (Fsp3) is 0.217. The largest absolute Gasteiger partial charge is 0.485 e. The fourth-order valence-corrected chi connectivity index (χ4v) is 4.91. The van der Waals surface area contributed by atoms with Gasteiger partial charge in [-0.15, -0.1) is 0 Å². The molecule has 2 aliphatic rings. The topological polar surface area (TPSA) is 116 Å². The summed E-state index contributed by atoms with van der Waals surface area (Å²) in [4.78, 5) is 15.8. The van der Waals surface area contributed by atoms with Crippen LogP contribution in [0.4, 0.5) is 5.69 Å². The van der Waals surface area contributed by atoms with E-state index in [1.54, 1.807) is 43.5 Å². The molecule has 1 aromatic heterocycles. The predicted octanol–water partition coefficient (Wildman–Crippen LogP) is 2.88. The number of amides is 1. The Labute approximate surface area is 196 Å². The number of fused-ring (bicyclic) bond motifs is 1. The third kappa shape index (κ3) is 4.05. The van der Waals surface area contributed by atoms with Gasteiger partial charge >= 0.3 is 10.2 Å². The van der Waals surface area contributed by atoms with Gasteiger partial charge in [-0.3, -0.25) is 4.79 Å². The van der Waals surface area contributed by atoms with Crippen molar-refractivity contribution in [3.8, 4) is 28.9 Å². The van der Waals surface area contributed by atoms with Crippen LogP contribution in [0.3, 0.4) is 0 Å². The molecule has 10 nitrogen and oxygen atoms in total. The lowest BCUT2D eigenvalue weighted by Gasteiger charge is -2.17. The standard InChI is InChI=1S/C23H21N3O7S/c1-14-18(10-11-22(24-14)30-2)33-19-5-3-4-17-20(13-31-23(17)19)32-16-8-6-15(7-9-16)26-12-21(27)25-34(26,28)29/h3-11,20H,12-13H2,1-2H3,(H,25,27)/t20-/m1/s1. The van der Waals surface area contributed by atoms with E-state index in [0.29, 0.717) is 40.3 Å². The van der Waals surface area contributed by atoms with Crippen LogP contribution in [0.15, 0.2) is 54.6 Å². The molecule has 34 heavy (non-hydrogen) atoms. The molecule has 2 aliphatic heterocycles. The zero-order valence-corrected chi connectivity index (χ0v) is 19.2. The van der Waals surface area contributed by atoms with Crippen LogP contribution in [0, 0.1) is 6.92 Å². The number of ether oxygens (including phenoxy) is 4. The molecule has 0 saturated carbocycles. The fourth-order valence-electron chi connectivity index (χ4n) is 3.76. The Hall–Kier alpha value is -3.99. The minimum Gasteiger partial charge on any atom is -0.485 e. The van der Waals surface area contributed by atoms with Gasteiger partial charge in [0.25, 0.3) is 5.91 Å². The molecule has 0 bridgehead atoms. The maximum atomic E-state index is 12.0. The molecule has 1 saturated heterocycles. The molecule has 5 rings (SSSR count). The number of pyridine rings is 1. The van der Waals surface area contributed by atoms with E-state index >= 15 is 0 Å². The van der Waals surface area contributed by atoms with Crippen LogP contribution in [0.25, 0.3) is 0 Å². The number of hydrogen-bond donors (Lipinski definition) is 1. The van der Waals surface area contributed by atoms with Crippen molar-refractivity contribution in [2.75, 3.05) is 24.6 Å². The minimum absolute atomic E-state index is 0.252. The maximum Gasteiger partial charge on any atom is 0.326 e. The summed E-state index contributed by atoms with van der Waals surface area (Å²) < 4.78 is 50.2. The van der Waals surface area contributed by atoms with Crippen LogP contribution in [-0.4, -0.2) is 39.6 Å². The van der Waals surface area contributed by atoms with Crippen molar-refractivity contribution in [3.05, 3.63) is 65.9 Å². The van der Waals surface area contributed by atoms with E-state index in [1.807, 2.05) is 29.8 Å². The van der Waals surface area contributed by atoms with Crippen LogP contribution < -0.4 is 28.0 Å². The number of carbonyl (C=O) groups excluding carboxylic acids is 1. The lowest BCUT2D eigenvalue weighted by Crippen LogP contribution is -2.29. The molecule has 1 atom stereocenters. The lowest BCUT2D eigenvalue weighted by atomic mass is 10.1. The van der Waals surface area contributed by atoms with Crippen LogP contribution in [-0.2, 0) is 15.0 Å². The molecule has 1 N–H and O–H groups in total. The first-order valence-electron chi connectivity index (χ1n) is 10.4. The summed E-state index contributed by atoms with van der Waals surface area (Å²) in [6, 6.07) is 15.6. The van der Waals surface area contributed by atoms with Gasteiger partial charge in [-0.1, -0.05) is 12.1 Å². The van der Waals surface area contributed by atoms with Crippen LogP contribution in [0.5, 0.6) is 28.9 Å². The number of aryl methyl sites for hydroxylation is 1. The Morgan fingerprint density at radius 1 is 1.09 bits per heavy atom. The highest BCUT2D eigenvalue weighted by atomic mass is 32.2. The van der Waals surface area contributed by atoms with Crippen molar-refractivity contribution in [2.24, 2.45) is 0 Å². The second-order valence-corrected chi connectivity index (χ2v) is 9.26. The van der Waals surface area contributed by atoms with E-state index in [2.05, 4.69) is 4.98 Å². The van der Waals surface area contributed by atoms with Gasteiger partial charge in [-0.2, -0.15) is 8.42 Å². The quantitative estimate of drug-likeness (QED) is 0.569. The van der Waals surface area contributed by atoms with Gasteiger partial charge in [0.15, 0.2) is 17.6 Å². The van der Waals surface area contributed by atoms with Gasteiger partial charge in [0.1, 0.15) is 24.7 Å². The average molecular weight is 484 g/mol. The van der Waals surface area contributed by atoms with E-state index in [1.165, 1.54) is 0 Å². The third-order valence-electron chi connectivity index (χ3n) is 5.40. The molecule has 11 heteroatoms. The van der Waals surface area contributed by atoms with E-state index in [9.17, 15) is 13.2 Å². The van der Waals surface area contributed by atoms with Crippen molar-refractivity contribution < 1.29 is 32.2 Å². The molecule has 1 amide bonds. The maximum absolute atomic E-state index is 12.0. The molecule has 0 radical (unpaired) electrons. The molecular formula is C23H21N3O7S. The Bertz CT molecular complexity index is 1360.